The van der Waals surface area contributed by atoms with Crippen molar-refractivity contribution in [2.24, 2.45) is 0 Å². The first kappa shape index (κ1) is 12.9. The van der Waals surface area contributed by atoms with Crippen LogP contribution in [0.15, 0.2) is 0 Å². The van der Waals surface area contributed by atoms with Gasteiger partial charge in [0.05, 0.1) is 6.10 Å². The second-order valence-corrected chi connectivity index (χ2v) is 3.84. The Kier molecular flexibility index (Phi) is 8.46. The van der Waals surface area contributed by atoms with Crippen molar-refractivity contribution in [1.82, 2.24) is 0 Å². The molecule has 0 spiro atoms. The van der Waals surface area contributed by atoms with Gasteiger partial charge in [0, 0.05) is 0 Å². The molecule has 0 heterocycles. The first-order chi connectivity index (χ1) is 6.16. The highest BCUT2D eigenvalue weighted by Crippen LogP contribution is 2.08. The van der Waals surface area contributed by atoms with Gasteiger partial charge in [0.15, 0.2) is 6.29 Å². The smallest absolute Gasteiger partial charge is 0.154 e. The zero-order chi connectivity index (χ0) is 10.1. The van der Waals surface area contributed by atoms with Crippen LogP contribution in [0.4, 0.5) is 0 Å². The third kappa shape index (κ3) is 9.84. The third-order valence-corrected chi connectivity index (χ3v) is 1.98. The Morgan fingerprint density at radius 2 is 1.69 bits per heavy atom. The van der Waals surface area contributed by atoms with Gasteiger partial charge in [0.1, 0.15) is 0 Å². The lowest BCUT2D eigenvalue weighted by atomic mass is 10.1. The van der Waals surface area contributed by atoms with Crippen molar-refractivity contribution in [2.45, 2.75) is 71.7 Å². The topological polar surface area (TPSA) is 29.5 Å². The van der Waals surface area contributed by atoms with E-state index in [-0.39, 0.29) is 6.10 Å². The number of rotatable bonds is 8. The number of ether oxygens (including phenoxy) is 1. The predicted octanol–water partition coefficient (Wildman–Crippen LogP) is 3.09. The van der Waals surface area contributed by atoms with Crippen molar-refractivity contribution in [3.8, 4) is 0 Å². The second kappa shape index (κ2) is 8.52. The van der Waals surface area contributed by atoms with Crippen molar-refractivity contribution in [3.63, 3.8) is 0 Å². The summed E-state index contributed by atoms with van der Waals surface area (Å²) in [6.07, 6.45) is 6.51. The molecular weight excluding hydrogens is 164 g/mol. The molecular formula is C11H24O2. The highest BCUT2D eigenvalue weighted by molar-refractivity contribution is 4.48. The lowest BCUT2D eigenvalue weighted by molar-refractivity contribution is -0.129. The van der Waals surface area contributed by atoms with Gasteiger partial charge < -0.3 is 9.84 Å². The van der Waals surface area contributed by atoms with Crippen LogP contribution < -0.4 is 0 Å². The number of hydrogen-bond donors (Lipinski definition) is 1. The molecule has 2 nitrogen and oxygen atoms in total. The summed E-state index contributed by atoms with van der Waals surface area (Å²) in [5.74, 6) is 0. The molecule has 0 saturated carbocycles. The van der Waals surface area contributed by atoms with E-state index in [1.807, 2.05) is 13.8 Å². The lowest BCUT2D eigenvalue weighted by Gasteiger charge is -2.14. The Labute approximate surface area is 82.3 Å². The van der Waals surface area contributed by atoms with Gasteiger partial charge in [-0.3, -0.25) is 0 Å². The van der Waals surface area contributed by atoms with Crippen LogP contribution in [0.1, 0.15) is 59.3 Å². The Balaban J connectivity index is 3.12. The Morgan fingerprint density at radius 3 is 2.23 bits per heavy atom. The van der Waals surface area contributed by atoms with E-state index in [1.165, 1.54) is 25.7 Å². The minimum atomic E-state index is -0.554. The van der Waals surface area contributed by atoms with Gasteiger partial charge in [-0.2, -0.15) is 0 Å². The normalized spacial score (nSPS) is 13.6. The van der Waals surface area contributed by atoms with E-state index < -0.39 is 6.29 Å². The van der Waals surface area contributed by atoms with Crippen LogP contribution in [-0.2, 0) is 4.74 Å². The molecule has 1 atom stereocenters. The maximum Gasteiger partial charge on any atom is 0.154 e. The number of aliphatic hydroxyl groups excluding tert-OH is 1. The SMILES string of the molecule is CCCCCCCC(O)OC(C)C. The van der Waals surface area contributed by atoms with Crippen molar-refractivity contribution >= 4 is 0 Å². The first-order valence-electron chi connectivity index (χ1n) is 5.50. The predicted molar refractivity (Wildman–Crippen MR) is 55.6 cm³/mol. The van der Waals surface area contributed by atoms with Gasteiger partial charge in [0.2, 0.25) is 0 Å². The molecule has 0 aliphatic rings. The molecule has 80 valence electrons. The zero-order valence-corrected chi connectivity index (χ0v) is 9.25. The minimum absolute atomic E-state index is 0.130. The van der Waals surface area contributed by atoms with E-state index in [0.717, 1.165) is 12.8 Å². The van der Waals surface area contributed by atoms with Crippen LogP contribution in [0.25, 0.3) is 0 Å². The van der Waals surface area contributed by atoms with E-state index in [1.54, 1.807) is 0 Å². The molecule has 0 aromatic rings. The van der Waals surface area contributed by atoms with E-state index in [2.05, 4.69) is 6.92 Å². The van der Waals surface area contributed by atoms with Crippen molar-refractivity contribution in [1.29, 1.82) is 0 Å². The minimum Gasteiger partial charge on any atom is -0.368 e. The summed E-state index contributed by atoms with van der Waals surface area (Å²) in [4.78, 5) is 0. The second-order valence-electron chi connectivity index (χ2n) is 3.84. The summed E-state index contributed by atoms with van der Waals surface area (Å²) < 4.78 is 5.21. The van der Waals surface area contributed by atoms with E-state index in [0.29, 0.717) is 0 Å². The van der Waals surface area contributed by atoms with E-state index >= 15 is 0 Å². The summed E-state index contributed by atoms with van der Waals surface area (Å²) in [5.41, 5.74) is 0. The Hall–Kier alpha value is -0.0800. The van der Waals surface area contributed by atoms with Crippen LogP contribution in [0.2, 0.25) is 0 Å². The molecule has 0 aromatic carbocycles. The van der Waals surface area contributed by atoms with Gasteiger partial charge in [0.25, 0.3) is 0 Å². The van der Waals surface area contributed by atoms with Crippen LogP contribution >= 0.6 is 0 Å². The monoisotopic (exact) mass is 188 g/mol. The van der Waals surface area contributed by atoms with E-state index in [4.69, 9.17) is 4.74 Å². The van der Waals surface area contributed by atoms with Crippen molar-refractivity contribution in [3.05, 3.63) is 0 Å². The molecule has 1 N–H and O–H groups in total. The summed E-state index contributed by atoms with van der Waals surface area (Å²) in [6, 6.07) is 0. The Morgan fingerprint density at radius 1 is 1.08 bits per heavy atom. The van der Waals surface area contributed by atoms with Gasteiger partial charge in [-0.25, -0.2) is 0 Å². The molecule has 0 aromatic heterocycles. The van der Waals surface area contributed by atoms with E-state index in [9.17, 15) is 5.11 Å². The quantitative estimate of drug-likeness (QED) is 0.468. The number of hydrogen-bond acceptors (Lipinski definition) is 2. The van der Waals surface area contributed by atoms with Crippen LogP contribution in [0.3, 0.4) is 0 Å². The zero-order valence-electron chi connectivity index (χ0n) is 9.25. The highest BCUT2D eigenvalue weighted by Gasteiger charge is 2.05. The Bertz CT molecular complexity index is 102. The van der Waals surface area contributed by atoms with Crippen molar-refractivity contribution < 1.29 is 9.84 Å². The average Bonchev–Trinajstić information content (AvgIpc) is 2.02. The highest BCUT2D eigenvalue weighted by atomic mass is 16.6. The molecule has 0 amide bonds. The van der Waals surface area contributed by atoms with Gasteiger partial charge >= 0.3 is 0 Å². The first-order valence-corrected chi connectivity index (χ1v) is 5.50. The number of unbranched alkanes of at least 4 members (excludes halogenated alkanes) is 4. The fourth-order valence-electron chi connectivity index (χ4n) is 1.30. The fraction of sp³-hybridized carbons (Fsp3) is 1.00. The summed E-state index contributed by atoms with van der Waals surface area (Å²) in [5, 5.41) is 9.35. The molecule has 0 bridgehead atoms. The standard InChI is InChI=1S/C11H24O2/c1-4-5-6-7-8-9-11(12)13-10(2)3/h10-12H,4-9H2,1-3H3. The molecule has 0 radical (unpaired) electrons. The maximum atomic E-state index is 9.35. The molecule has 0 saturated heterocycles. The van der Waals surface area contributed by atoms with Crippen LogP contribution in [0.5, 0.6) is 0 Å². The molecule has 0 fully saturated rings. The summed E-state index contributed by atoms with van der Waals surface area (Å²) in [6.45, 7) is 6.09. The fourth-order valence-corrected chi connectivity index (χ4v) is 1.30. The largest absolute Gasteiger partial charge is 0.368 e. The average molecular weight is 188 g/mol. The van der Waals surface area contributed by atoms with Gasteiger partial charge in [-0.1, -0.05) is 32.6 Å². The summed E-state index contributed by atoms with van der Waals surface area (Å²) >= 11 is 0. The van der Waals surface area contributed by atoms with Crippen LogP contribution in [0, 0.1) is 0 Å². The molecule has 0 rings (SSSR count). The van der Waals surface area contributed by atoms with Crippen molar-refractivity contribution in [2.75, 3.05) is 0 Å². The lowest BCUT2D eigenvalue weighted by Crippen LogP contribution is -2.16. The molecule has 0 aliphatic carbocycles. The third-order valence-electron chi connectivity index (χ3n) is 1.98. The van der Waals surface area contributed by atoms with Gasteiger partial charge in [-0.15, -0.1) is 0 Å². The van der Waals surface area contributed by atoms with Gasteiger partial charge in [-0.05, 0) is 26.7 Å². The molecule has 0 aliphatic heterocycles. The van der Waals surface area contributed by atoms with Crippen LogP contribution in [-0.4, -0.2) is 17.5 Å². The molecule has 2 heteroatoms. The maximum absolute atomic E-state index is 9.35. The number of aliphatic hydroxyl groups is 1. The molecule has 1 unspecified atom stereocenters. The summed E-state index contributed by atoms with van der Waals surface area (Å²) in [7, 11) is 0. The molecule has 13 heavy (non-hydrogen) atoms.